The van der Waals surface area contributed by atoms with E-state index in [-0.39, 0.29) is 0 Å². The molecule has 0 saturated carbocycles. The van der Waals surface area contributed by atoms with Crippen LogP contribution in [-0.2, 0) is 6.42 Å². The fourth-order valence-corrected chi connectivity index (χ4v) is 1.72. The minimum atomic E-state index is 0.429. The van der Waals surface area contributed by atoms with E-state index in [1.807, 2.05) is 24.3 Å². The average Bonchev–Trinajstić information content (AvgIpc) is 2.44. The van der Waals surface area contributed by atoms with Crippen molar-refractivity contribution in [3.05, 3.63) is 29.8 Å². The maximum atomic E-state index is 8.58. The standard InChI is InChI=1S/C15H19N3O/c1-2-18(11-3-9-16)12-13-19-15-6-4-14(5-7-15)8-10-17/h4-7H,2-3,8,11-13H2,1H3. The van der Waals surface area contributed by atoms with Crippen molar-refractivity contribution in [1.82, 2.24) is 4.90 Å². The summed E-state index contributed by atoms with van der Waals surface area (Å²) in [7, 11) is 0. The van der Waals surface area contributed by atoms with Gasteiger partial charge >= 0.3 is 0 Å². The molecule has 0 aromatic heterocycles. The van der Waals surface area contributed by atoms with Crippen LogP contribution in [0.2, 0.25) is 0 Å². The van der Waals surface area contributed by atoms with Crippen LogP contribution in [0.5, 0.6) is 5.75 Å². The van der Waals surface area contributed by atoms with E-state index in [1.54, 1.807) is 0 Å². The topological polar surface area (TPSA) is 60.1 Å². The number of nitriles is 2. The highest BCUT2D eigenvalue weighted by Gasteiger charge is 2.02. The lowest BCUT2D eigenvalue weighted by Crippen LogP contribution is -2.29. The Morgan fingerprint density at radius 3 is 2.42 bits per heavy atom. The molecule has 0 N–H and O–H groups in total. The molecule has 1 rings (SSSR count). The number of nitrogens with zero attached hydrogens (tertiary/aromatic N) is 3. The van der Waals surface area contributed by atoms with E-state index in [2.05, 4.69) is 24.0 Å². The van der Waals surface area contributed by atoms with Gasteiger partial charge in [-0.3, -0.25) is 4.90 Å². The SMILES string of the molecule is CCN(CCC#N)CCOc1ccc(CC#N)cc1. The fourth-order valence-electron chi connectivity index (χ4n) is 1.72. The number of rotatable bonds is 8. The number of benzene rings is 1. The molecule has 19 heavy (non-hydrogen) atoms. The summed E-state index contributed by atoms with van der Waals surface area (Å²) in [6.45, 7) is 5.21. The molecule has 4 heteroatoms. The summed E-state index contributed by atoms with van der Waals surface area (Å²) in [6.07, 6.45) is 0.981. The third-order valence-electron chi connectivity index (χ3n) is 2.87. The normalized spacial score (nSPS) is 9.89. The van der Waals surface area contributed by atoms with Gasteiger partial charge in [-0.25, -0.2) is 0 Å². The van der Waals surface area contributed by atoms with Crippen molar-refractivity contribution in [2.45, 2.75) is 19.8 Å². The van der Waals surface area contributed by atoms with Crippen molar-refractivity contribution in [3.8, 4) is 17.9 Å². The maximum absolute atomic E-state index is 8.58. The summed E-state index contributed by atoms with van der Waals surface area (Å²) in [5, 5.41) is 17.1. The minimum absolute atomic E-state index is 0.429. The van der Waals surface area contributed by atoms with Crippen LogP contribution < -0.4 is 4.74 Å². The lowest BCUT2D eigenvalue weighted by atomic mass is 10.2. The first kappa shape index (κ1) is 15.0. The Morgan fingerprint density at radius 2 is 1.84 bits per heavy atom. The van der Waals surface area contributed by atoms with Gasteiger partial charge in [-0.15, -0.1) is 0 Å². The molecule has 0 atom stereocenters. The van der Waals surface area contributed by atoms with Gasteiger partial charge < -0.3 is 4.74 Å². The van der Waals surface area contributed by atoms with E-state index < -0.39 is 0 Å². The Balaban J connectivity index is 2.32. The predicted octanol–water partition coefficient (Wildman–Crippen LogP) is 2.37. The quantitative estimate of drug-likeness (QED) is 0.717. The van der Waals surface area contributed by atoms with Gasteiger partial charge in [0.1, 0.15) is 12.4 Å². The Labute approximate surface area is 114 Å². The lowest BCUT2D eigenvalue weighted by molar-refractivity contribution is 0.218. The van der Waals surface area contributed by atoms with Crippen LogP contribution in [0.3, 0.4) is 0 Å². The second-order valence-corrected chi connectivity index (χ2v) is 4.17. The van der Waals surface area contributed by atoms with Crippen molar-refractivity contribution in [2.75, 3.05) is 26.2 Å². The van der Waals surface area contributed by atoms with Crippen LogP contribution in [0.25, 0.3) is 0 Å². The molecule has 100 valence electrons. The second-order valence-electron chi connectivity index (χ2n) is 4.17. The smallest absolute Gasteiger partial charge is 0.119 e. The number of likely N-dealkylation sites (N-methyl/N-ethyl adjacent to an activating group) is 1. The molecule has 4 nitrogen and oxygen atoms in total. The van der Waals surface area contributed by atoms with E-state index in [0.717, 1.165) is 30.9 Å². The molecule has 0 spiro atoms. The molecule has 0 aliphatic rings. The van der Waals surface area contributed by atoms with Crippen LogP contribution in [0.15, 0.2) is 24.3 Å². The van der Waals surface area contributed by atoms with E-state index in [0.29, 0.717) is 19.4 Å². The van der Waals surface area contributed by atoms with Crippen LogP contribution >= 0.6 is 0 Å². The summed E-state index contributed by atoms with van der Waals surface area (Å²) in [5.74, 6) is 0.818. The predicted molar refractivity (Wildman–Crippen MR) is 73.6 cm³/mol. The van der Waals surface area contributed by atoms with Gasteiger partial charge in [0.25, 0.3) is 0 Å². The zero-order valence-electron chi connectivity index (χ0n) is 11.3. The van der Waals surface area contributed by atoms with Gasteiger partial charge in [-0.2, -0.15) is 10.5 Å². The van der Waals surface area contributed by atoms with Crippen LogP contribution in [-0.4, -0.2) is 31.1 Å². The van der Waals surface area contributed by atoms with E-state index >= 15 is 0 Å². The van der Waals surface area contributed by atoms with Gasteiger partial charge in [0.05, 0.1) is 18.6 Å². The Kier molecular flexibility index (Phi) is 7.09. The van der Waals surface area contributed by atoms with E-state index in [4.69, 9.17) is 15.3 Å². The van der Waals surface area contributed by atoms with Gasteiger partial charge in [-0.1, -0.05) is 19.1 Å². The maximum Gasteiger partial charge on any atom is 0.119 e. The number of ether oxygens (including phenoxy) is 1. The Hall–Kier alpha value is -2.04. The molecule has 0 amide bonds. The zero-order chi connectivity index (χ0) is 13.9. The average molecular weight is 257 g/mol. The molecular weight excluding hydrogens is 238 g/mol. The fraction of sp³-hybridized carbons (Fsp3) is 0.467. The molecule has 0 bridgehead atoms. The van der Waals surface area contributed by atoms with Crippen molar-refractivity contribution in [3.63, 3.8) is 0 Å². The van der Waals surface area contributed by atoms with Gasteiger partial charge in [-0.05, 0) is 24.2 Å². The first-order valence-corrected chi connectivity index (χ1v) is 6.48. The van der Waals surface area contributed by atoms with Crippen LogP contribution in [0.1, 0.15) is 18.9 Å². The first-order valence-electron chi connectivity index (χ1n) is 6.48. The lowest BCUT2D eigenvalue weighted by Gasteiger charge is -2.18. The largest absolute Gasteiger partial charge is 0.492 e. The molecule has 0 aliphatic heterocycles. The Morgan fingerprint density at radius 1 is 1.11 bits per heavy atom. The molecule has 1 aromatic carbocycles. The van der Waals surface area contributed by atoms with Crippen molar-refractivity contribution >= 4 is 0 Å². The molecule has 1 aromatic rings. The summed E-state index contributed by atoms with van der Waals surface area (Å²) >= 11 is 0. The number of hydrogen-bond donors (Lipinski definition) is 0. The summed E-state index contributed by atoms with van der Waals surface area (Å²) in [4.78, 5) is 2.19. The molecule has 0 saturated heterocycles. The highest BCUT2D eigenvalue weighted by Crippen LogP contribution is 2.12. The van der Waals surface area contributed by atoms with Crippen LogP contribution in [0.4, 0.5) is 0 Å². The van der Waals surface area contributed by atoms with E-state index in [9.17, 15) is 0 Å². The summed E-state index contributed by atoms with van der Waals surface area (Å²) in [6, 6.07) is 11.9. The highest BCUT2D eigenvalue weighted by atomic mass is 16.5. The number of hydrogen-bond acceptors (Lipinski definition) is 4. The Bertz CT molecular complexity index is 442. The van der Waals surface area contributed by atoms with Crippen molar-refractivity contribution in [1.29, 1.82) is 10.5 Å². The van der Waals surface area contributed by atoms with Crippen LogP contribution in [0, 0.1) is 22.7 Å². The molecule has 0 unspecified atom stereocenters. The monoisotopic (exact) mass is 257 g/mol. The van der Waals surface area contributed by atoms with Gasteiger partial charge in [0.2, 0.25) is 0 Å². The third-order valence-corrected chi connectivity index (χ3v) is 2.87. The first-order chi connectivity index (χ1) is 9.30. The molecule has 0 fully saturated rings. The van der Waals surface area contributed by atoms with Crippen molar-refractivity contribution in [2.24, 2.45) is 0 Å². The molecule has 0 aliphatic carbocycles. The minimum Gasteiger partial charge on any atom is -0.492 e. The zero-order valence-corrected chi connectivity index (χ0v) is 11.3. The van der Waals surface area contributed by atoms with Gasteiger partial charge in [0.15, 0.2) is 0 Å². The second kappa shape index (κ2) is 8.97. The third kappa shape index (κ3) is 5.90. The summed E-state index contributed by atoms with van der Waals surface area (Å²) in [5.41, 5.74) is 0.999. The molecule has 0 heterocycles. The summed E-state index contributed by atoms with van der Waals surface area (Å²) < 4.78 is 5.64. The van der Waals surface area contributed by atoms with Crippen molar-refractivity contribution < 1.29 is 4.74 Å². The molecular formula is C15H19N3O. The van der Waals surface area contributed by atoms with Gasteiger partial charge in [0, 0.05) is 19.5 Å². The van der Waals surface area contributed by atoms with E-state index in [1.165, 1.54) is 0 Å². The molecule has 0 radical (unpaired) electrons. The highest BCUT2D eigenvalue weighted by molar-refractivity contribution is 5.28.